The minimum Gasteiger partial charge on any atom is -0.493 e. The van der Waals surface area contributed by atoms with Crippen LogP contribution in [0, 0.1) is 0 Å². The van der Waals surface area contributed by atoms with E-state index in [1.165, 1.54) is 0 Å². The van der Waals surface area contributed by atoms with E-state index in [-0.39, 0.29) is 6.61 Å². The molecule has 1 N–H and O–H groups in total. The zero-order valence-electron chi connectivity index (χ0n) is 10.8. The smallest absolute Gasteiger partial charge is 0.392 e. The number of ether oxygens (including phenoxy) is 2. The van der Waals surface area contributed by atoms with Gasteiger partial charge in [0.1, 0.15) is 5.75 Å². The maximum atomic E-state index is 12.0. The van der Waals surface area contributed by atoms with Gasteiger partial charge in [-0.2, -0.15) is 13.2 Å². The Morgan fingerprint density at radius 2 is 2.00 bits per heavy atom. The first-order chi connectivity index (χ1) is 9.01. The molecule has 0 spiro atoms. The molecular weight excluding hydrogens is 259 g/mol. The summed E-state index contributed by atoms with van der Waals surface area (Å²) in [6.07, 6.45) is -5.12. The van der Waals surface area contributed by atoms with Crippen molar-refractivity contribution in [1.29, 1.82) is 0 Å². The van der Waals surface area contributed by atoms with Crippen molar-refractivity contribution in [3.63, 3.8) is 0 Å². The lowest BCUT2D eigenvalue weighted by Gasteiger charge is -2.10. The average molecular weight is 277 g/mol. The summed E-state index contributed by atoms with van der Waals surface area (Å²) >= 11 is 0. The fourth-order valence-electron chi connectivity index (χ4n) is 1.44. The van der Waals surface area contributed by atoms with Crippen molar-refractivity contribution < 1.29 is 22.6 Å². The van der Waals surface area contributed by atoms with Crippen molar-refractivity contribution in [3.8, 4) is 5.75 Å². The van der Waals surface area contributed by atoms with Crippen molar-refractivity contribution in [2.75, 3.05) is 26.9 Å². The first-order valence-electron chi connectivity index (χ1n) is 5.99. The van der Waals surface area contributed by atoms with Gasteiger partial charge in [-0.1, -0.05) is 12.1 Å². The Labute approximate surface area is 110 Å². The third kappa shape index (κ3) is 7.69. The van der Waals surface area contributed by atoms with Crippen molar-refractivity contribution in [3.05, 3.63) is 29.8 Å². The molecule has 108 valence electrons. The fourth-order valence-corrected chi connectivity index (χ4v) is 1.44. The quantitative estimate of drug-likeness (QED) is 0.741. The van der Waals surface area contributed by atoms with Crippen LogP contribution in [0.5, 0.6) is 5.75 Å². The third-order valence-electron chi connectivity index (χ3n) is 2.36. The van der Waals surface area contributed by atoms with Gasteiger partial charge in [0.25, 0.3) is 0 Å². The number of hydrogen-bond donors (Lipinski definition) is 1. The van der Waals surface area contributed by atoms with Crippen molar-refractivity contribution in [1.82, 2.24) is 5.32 Å². The Hall–Kier alpha value is -1.27. The third-order valence-corrected chi connectivity index (χ3v) is 2.36. The summed E-state index contributed by atoms with van der Waals surface area (Å²) in [5, 5.41) is 3.15. The van der Waals surface area contributed by atoms with Gasteiger partial charge in [0.15, 0.2) is 0 Å². The molecule has 1 aromatic carbocycles. The van der Waals surface area contributed by atoms with E-state index in [1.807, 2.05) is 6.07 Å². The van der Waals surface area contributed by atoms with Crippen LogP contribution in [0.2, 0.25) is 0 Å². The lowest BCUT2D eigenvalue weighted by Crippen LogP contribution is -2.18. The summed E-state index contributed by atoms with van der Waals surface area (Å²) in [6.45, 7) is 1.60. The number of benzene rings is 1. The minimum absolute atomic E-state index is 0.357. The maximum Gasteiger partial charge on any atom is 0.392 e. The molecule has 0 unspecified atom stereocenters. The Morgan fingerprint density at radius 3 is 2.68 bits per heavy atom. The molecule has 0 saturated carbocycles. The van der Waals surface area contributed by atoms with Crippen LogP contribution in [0.1, 0.15) is 12.0 Å². The summed E-state index contributed by atoms with van der Waals surface area (Å²) in [7, 11) is 1.62. The normalized spacial score (nSPS) is 11.6. The van der Waals surface area contributed by atoms with E-state index in [9.17, 15) is 13.2 Å². The van der Waals surface area contributed by atoms with Gasteiger partial charge in [0.2, 0.25) is 0 Å². The second kappa shape index (κ2) is 8.01. The second-order valence-electron chi connectivity index (χ2n) is 4.03. The van der Waals surface area contributed by atoms with Gasteiger partial charge in [-0.15, -0.1) is 0 Å². The van der Waals surface area contributed by atoms with Gasteiger partial charge >= 0.3 is 6.18 Å². The lowest BCUT2D eigenvalue weighted by molar-refractivity contribution is -0.139. The van der Waals surface area contributed by atoms with Gasteiger partial charge in [0, 0.05) is 20.2 Å². The largest absolute Gasteiger partial charge is 0.493 e. The molecule has 3 nitrogen and oxygen atoms in total. The minimum atomic E-state index is -4.18. The number of methoxy groups -OCH3 is 1. The van der Waals surface area contributed by atoms with Gasteiger partial charge in [0.05, 0.1) is 19.6 Å². The highest BCUT2D eigenvalue weighted by Crippen LogP contribution is 2.20. The molecule has 0 atom stereocenters. The van der Waals surface area contributed by atoms with E-state index in [0.717, 1.165) is 12.1 Å². The highest BCUT2D eigenvalue weighted by molar-refractivity contribution is 5.28. The molecule has 1 rings (SSSR count). The number of halogens is 3. The highest BCUT2D eigenvalue weighted by Gasteiger charge is 2.26. The first-order valence-corrected chi connectivity index (χ1v) is 5.99. The molecule has 0 aromatic heterocycles. The molecule has 0 radical (unpaired) electrons. The van der Waals surface area contributed by atoms with E-state index in [4.69, 9.17) is 9.47 Å². The maximum absolute atomic E-state index is 12.0. The molecule has 0 amide bonds. The number of alkyl halides is 3. The van der Waals surface area contributed by atoms with Gasteiger partial charge < -0.3 is 14.8 Å². The molecular formula is C13H18F3NO2. The first kappa shape index (κ1) is 15.8. The Balaban J connectivity index is 2.35. The summed E-state index contributed by atoms with van der Waals surface area (Å²) in [5.74, 6) is 0.454. The predicted octanol–water partition coefficient (Wildman–Crippen LogP) is 2.75. The van der Waals surface area contributed by atoms with Crippen LogP contribution in [0.25, 0.3) is 0 Å². The summed E-state index contributed by atoms with van der Waals surface area (Å²) < 4.78 is 45.9. The predicted molar refractivity (Wildman–Crippen MR) is 66.2 cm³/mol. The monoisotopic (exact) mass is 277 g/mol. The van der Waals surface area contributed by atoms with Gasteiger partial charge in [-0.3, -0.25) is 0 Å². The molecule has 0 fully saturated rings. The number of rotatable bonds is 8. The zero-order chi connectivity index (χ0) is 14.1. The van der Waals surface area contributed by atoms with Gasteiger partial charge in [-0.05, 0) is 17.7 Å². The van der Waals surface area contributed by atoms with E-state index >= 15 is 0 Å². The van der Waals surface area contributed by atoms with Gasteiger partial charge in [-0.25, -0.2) is 0 Å². The molecule has 19 heavy (non-hydrogen) atoms. The second-order valence-corrected chi connectivity index (χ2v) is 4.03. The highest BCUT2D eigenvalue weighted by atomic mass is 19.4. The van der Waals surface area contributed by atoms with Crippen LogP contribution >= 0.6 is 0 Å². The van der Waals surface area contributed by atoms with E-state index in [2.05, 4.69) is 5.32 Å². The molecule has 1 aromatic rings. The summed E-state index contributed by atoms with van der Waals surface area (Å²) in [5.41, 5.74) is 0.959. The Bertz CT molecular complexity index is 369. The molecule has 0 saturated heterocycles. The molecule has 0 heterocycles. The molecule has 0 aliphatic carbocycles. The van der Waals surface area contributed by atoms with E-state index < -0.39 is 12.6 Å². The van der Waals surface area contributed by atoms with Crippen LogP contribution in [0.15, 0.2) is 24.3 Å². The topological polar surface area (TPSA) is 30.5 Å². The van der Waals surface area contributed by atoms with Crippen LogP contribution in [-0.2, 0) is 11.3 Å². The summed E-state index contributed by atoms with van der Waals surface area (Å²) in [6, 6.07) is 7.03. The SMILES string of the molecule is COCCNCc1cccc(OCCC(F)(F)F)c1. The molecule has 0 aliphatic rings. The summed E-state index contributed by atoms with van der Waals surface area (Å²) in [4.78, 5) is 0. The van der Waals surface area contributed by atoms with E-state index in [0.29, 0.717) is 18.9 Å². The van der Waals surface area contributed by atoms with Crippen molar-refractivity contribution in [2.45, 2.75) is 19.1 Å². The zero-order valence-corrected chi connectivity index (χ0v) is 10.8. The van der Waals surface area contributed by atoms with Crippen LogP contribution < -0.4 is 10.1 Å². The average Bonchev–Trinajstić information content (AvgIpc) is 2.34. The standard InChI is InChI=1S/C13H18F3NO2/c1-18-8-6-17-10-11-3-2-4-12(9-11)19-7-5-13(14,15)16/h2-4,9,17H,5-8,10H2,1H3. The lowest BCUT2D eigenvalue weighted by atomic mass is 10.2. The number of nitrogens with one attached hydrogen (secondary N) is 1. The van der Waals surface area contributed by atoms with Crippen molar-refractivity contribution >= 4 is 0 Å². The van der Waals surface area contributed by atoms with Crippen LogP contribution in [-0.4, -0.2) is 33.0 Å². The van der Waals surface area contributed by atoms with Crippen LogP contribution in [0.4, 0.5) is 13.2 Å². The van der Waals surface area contributed by atoms with Crippen molar-refractivity contribution in [2.24, 2.45) is 0 Å². The fraction of sp³-hybridized carbons (Fsp3) is 0.538. The Morgan fingerprint density at radius 1 is 1.21 bits per heavy atom. The number of hydrogen-bond acceptors (Lipinski definition) is 3. The molecule has 6 heteroatoms. The van der Waals surface area contributed by atoms with E-state index in [1.54, 1.807) is 25.3 Å². The Kier molecular flexibility index (Phi) is 6.66. The molecule has 0 bridgehead atoms. The van der Waals surface area contributed by atoms with Crippen LogP contribution in [0.3, 0.4) is 0 Å². The molecule has 0 aliphatic heterocycles.